The molecule has 0 unspecified atom stereocenters. The number of benzene rings is 1. The lowest BCUT2D eigenvalue weighted by atomic mass is 10.3. The summed E-state index contributed by atoms with van der Waals surface area (Å²) in [5.74, 6) is -0.221. The SMILES string of the molecule is O=C(CSc1ccccn1)Nc1nc2ccc(F)cc2s1. The van der Waals surface area contributed by atoms with Crippen LogP contribution in [0.5, 0.6) is 0 Å². The van der Waals surface area contributed by atoms with Crippen LogP contribution < -0.4 is 5.32 Å². The maximum atomic E-state index is 13.1. The second-order valence-corrected chi connectivity index (χ2v) is 6.16. The first-order valence-corrected chi connectivity index (χ1v) is 7.91. The van der Waals surface area contributed by atoms with Crippen molar-refractivity contribution < 1.29 is 9.18 Å². The molecule has 2 aromatic heterocycles. The van der Waals surface area contributed by atoms with Gasteiger partial charge in [0, 0.05) is 6.20 Å². The fourth-order valence-electron chi connectivity index (χ4n) is 1.68. The van der Waals surface area contributed by atoms with Gasteiger partial charge in [0.05, 0.1) is 21.0 Å². The van der Waals surface area contributed by atoms with Crippen molar-refractivity contribution in [3.63, 3.8) is 0 Å². The molecule has 0 bridgehead atoms. The molecule has 0 saturated heterocycles. The van der Waals surface area contributed by atoms with Gasteiger partial charge in [-0.25, -0.2) is 14.4 Å². The van der Waals surface area contributed by atoms with E-state index >= 15 is 0 Å². The molecule has 0 aliphatic heterocycles. The van der Waals surface area contributed by atoms with Gasteiger partial charge < -0.3 is 5.32 Å². The molecule has 1 N–H and O–H groups in total. The molecule has 0 radical (unpaired) electrons. The monoisotopic (exact) mass is 319 g/mol. The molecule has 2 heterocycles. The fourth-order valence-corrected chi connectivity index (χ4v) is 3.25. The molecule has 106 valence electrons. The Morgan fingerprint density at radius 2 is 2.24 bits per heavy atom. The Morgan fingerprint density at radius 3 is 3.05 bits per heavy atom. The van der Waals surface area contributed by atoms with E-state index in [0.717, 1.165) is 5.03 Å². The molecule has 0 atom stereocenters. The van der Waals surface area contributed by atoms with Crippen molar-refractivity contribution in [2.24, 2.45) is 0 Å². The highest BCUT2D eigenvalue weighted by atomic mass is 32.2. The van der Waals surface area contributed by atoms with Crippen molar-refractivity contribution in [2.45, 2.75) is 5.03 Å². The van der Waals surface area contributed by atoms with Crippen LogP contribution in [0.1, 0.15) is 0 Å². The number of thioether (sulfide) groups is 1. The average molecular weight is 319 g/mol. The number of hydrogen-bond donors (Lipinski definition) is 1. The van der Waals surface area contributed by atoms with E-state index in [9.17, 15) is 9.18 Å². The maximum Gasteiger partial charge on any atom is 0.236 e. The largest absolute Gasteiger partial charge is 0.301 e. The smallest absolute Gasteiger partial charge is 0.236 e. The fraction of sp³-hybridized carbons (Fsp3) is 0.0714. The van der Waals surface area contributed by atoms with Gasteiger partial charge in [-0.3, -0.25) is 4.79 Å². The summed E-state index contributed by atoms with van der Waals surface area (Å²) >= 11 is 2.60. The molecular weight excluding hydrogens is 309 g/mol. The third-order valence-corrected chi connectivity index (χ3v) is 4.46. The first-order chi connectivity index (χ1) is 10.2. The third kappa shape index (κ3) is 3.56. The quantitative estimate of drug-likeness (QED) is 0.747. The van der Waals surface area contributed by atoms with Crippen molar-refractivity contribution in [1.29, 1.82) is 0 Å². The molecule has 0 saturated carbocycles. The van der Waals surface area contributed by atoms with Crippen LogP contribution in [0.15, 0.2) is 47.6 Å². The number of thiazole rings is 1. The van der Waals surface area contributed by atoms with Gasteiger partial charge in [-0.1, -0.05) is 29.2 Å². The van der Waals surface area contributed by atoms with Crippen LogP contribution in [0, 0.1) is 5.82 Å². The van der Waals surface area contributed by atoms with E-state index in [1.165, 1.54) is 35.2 Å². The van der Waals surface area contributed by atoms with E-state index < -0.39 is 0 Å². The summed E-state index contributed by atoms with van der Waals surface area (Å²) < 4.78 is 13.8. The molecule has 4 nitrogen and oxygen atoms in total. The lowest BCUT2D eigenvalue weighted by Gasteiger charge is -2.00. The highest BCUT2D eigenvalue weighted by Gasteiger charge is 2.09. The molecule has 1 amide bonds. The Bertz CT molecular complexity index is 776. The van der Waals surface area contributed by atoms with Gasteiger partial charge in [-0.05, 0) is 30.3 Å². The maximum absolute atomic E-state index is 13.1. The predicted octanol–water partition coefficient (Wildman–Crippen LogP) is 3.56. The van der Waals surface area contributed by atoms with Gasteiger partial charge in [0.15, 0.2) is 5.13 Å². The van der Waals surface area contributed by atoms with Crippen LogP contribution in [0.4, 0.5) is 9.52 Å². The van der Waals surface area contributed by atoms with Gasteiger partial charge in [-0.15, -0.1) is 0 Å². The standard InChI is InChI=1S/C14H10FN3OS2/c15-9-4-5-10-11(7-9)21-14(17-10)18-12(19)8-20-13-3-1-2-6-16-13/h1-7H,8H2,(H,17,18,19). The van der Waals surface area contributed by atoms with Crippen LogP contribution >= 0.6 is 23.1 Å². The van der Waals surface area contributed by atoms with E-state index in [1.807, 2.05) is 18.2 Å². The number of rotatable bonds is 4. The van der Waals surface area contributed by atoms with Crippen LogP contribution in [-0.2, 0) is 4.79 Å². The van der Waals surface area contributed by atoms with E-state index in [1.54, 1.807) is 12.3 Å². The molecule has 3 rings (SSSR count). The topological polar surface area (TPSA) is 54.9 Å². The molecule has 21 heavy (non-hydrogen) atoms. The van der Waals surface area contributed by atoms with Crippen LogP contribution in [0.3, 0.4) is 0 Å². The molecule has 7 heteroatoms. The number of carbonyl (C=O) groups excluding carboxylic acids is 1. The summed E-state index contributed by atoms with van der Waals surface area (Å²) in [5, 5.41) is 3.98. The highest BCUT2D eigenvalue weighted by Crippen LogP contribution is 2.26. The van der Waals surface area contributed by atoms with Crippen molar-refractivity contribution in [1.82, 2.24) is 9.97 Å². The molecule has 0 spiro atoms. The molecule has 0 fully saturated rings. The predicted molar refractivity (Wildman–Crippen MR) is 83.2 cm³/mol. The minimum absolute atomic E-state index is 0.162. The Kier molecular flexibility index (Phi) is 4.12. The average Bonchev–Trinajstić information content (AvgIpc) is 2.87. The summed E-state index contributed by atoms with van der Waals surface area (Å²) in [4.78, 5) is 20.2. The highest BCUT2D eigenvalue weighted by molar-refractivity contribution is 7.99. The second kappa shape index (κ2) is 6.19. The van der Waals surface area contributed by atoms with Crippen LogP contribution in [0.25, 0.3) is 10.2 Å². The zero-order valence-electron chi connectivity index (χ0n) is 10.7. The molecule has 1 aromatic carbocycles. The van der Waals surface area contributed by atoms with Gasteiger partial charge in [0.25, 0.3) is 0 Å². The Hall–Kier alpha value is -1.99. The Morgan fingerprint density at radius 1 is 1.33 bits per heavy atom. The minimum Gasteiger partial charge on any atom is -0.301 e. The zero-order valence-corrected chi connectivity index (χ0v) is 12.4. The number of pyridine rings is 1. The first-order valence-electron chi connectivity index (χ1n) is 6.10. The summed E-state index contributed by atoms with van der Waals surface area (Å²) in [5.41, 5.74) is 0.675. The first kappa shape index (κ1) is 14.0. The Balaban J connectivity index is 1.63. The molecule has 0 aliphatic carbocycles. The van der Waals surface area contributed by atoms with Gasteiger partial charge in [0.2, 0.25) is 5.91 Å². The van der Waals surface area contributed by atoms with Gasteiger partial charge in [0.1, 0.15) is 5.82 Å². The van der Waals surface area contributed by atoms with E-state index in [-0.39, 0.29) is 17.5 Å². The van der Waals surface area contributed by atoms with Gasteiger partial charge >= 0.3 is 0 Å². The normalized spacial score (nSPS) is 10.7. The second-order valence-electron chi connectivity index (χ2n) is 4.14. The number of fused-ring (bicyclic) bond motifs is 1. The van der Waals surface area contributed by atoms with E-state index in [4.69, 9.17) is 0 Å². The van der Waals surface area contributed by atoms with Crippen molar-refractivity contribution >= 4 is 44.4 Å². The third-order valence-electron chi connectivity index (χ3n) is 2.59. The number of nitrogens with one attached hydrogen (secondary N) is 1. The van der Waals surface area contributed by atoms with E-state index in [2.05, 4.69) is 15.3 Å². The molecular formula is C14H10FN3OS2. The lowest BCUT2D eigenvalue weighted by molar-refractivity contribution is -0.113. The van der Waals surface area contributed by atoms with Crippen molar-refractivity contribution in [2.75, 3.05) is 11.1 Å². The summed E-state index contributed by atoms with van der Waals surface area (Å²) in [6.07, 6.45) is 1.68. The number of hydrogen-bond acceptors (Lipinski definition) is 5. The summed E-state index contributed by atoms with van der Waals surface area (Å²) in [6.45, 7) is 0. The molecule has 3 aromatic rings. The van der Waals surface area contributed by atoms with E-state index in [0.29, 0.717) is 15.3 Å². The number of nitrogens with zero attached hydrogens (tertiary/aromatic N) is 2. The number of anilines is 1. The number of amides is 1. The zero-order chi connectivity index (χ0) is 14.7. The Labute approximate surface area is 128 Å². The van der Waals surface area contributed by atoms with Crippen LogP contribution in [0.2, 0.25) is 0 Å². The minimum atomic E-state index is -0.310. The number of halogens is 1. The van der Waals surface area contributed by atoms with Gasteiger partial charge in [-0.2, -0.15) is 0 Å². The molecule has 0 aliphatic rings. The summed E-state index contributed by atoms with van der Waals surface area (Å²) in [6, 6.07) is 9.90. The number of aromatic nitrogens is 2. The van der Waals surface area contributed by atoms with Crippen molar-refractivity contribution in [3.05, 3.63) is 48.4 Å². The summed E-state index contributed by atoms with van der Waals surface area (Å²) in [7, 11) is 0. The van der Waals surface area contributed by atoms with Crippen LogP contribution in [-0.4, -0.2) is 21.6 Å². The number of carbonyl (C=O) groups is 1. The van der Waals surface area contributed by atoms with Crippen molar-refractivity contribution in [3.8, 4) is 0 Å². The lowest BCUT2D eigenvalue weighted by Crippen LogP contribution is -2.13.